The molecule has 0 fully saturated rings. The van der Waals surface area contributed by atoms with Crippen molar-refractivity contribution in [3.8, 4) is 28.5 Å². The van der Waals surface area contributed by atoms with E-state index in [-0.39, 0.29) is 5.91 Å². The summed E-state index contributed by atoms with van der Waals surface area (Å²) in [5.41, 5.74) is 3.09. The van der Waals surface area contributed by atoms with E-state index in [1.54, 1.807) is 36.5 Å². The van der Waals surface area contributed by atoms with Gasteiger partial charge in [-0.2, -0.15) is 5.10 Å². The fraction of sp³-hybridized carbons (Fsp3) is 0.308. The van der Waals surface area contributed by atoms with Crippen LogP contribution in [0.25, 0.3) is 33.7 Å². The Morgan fingerprint density at radius 2 is 1.89 bits per heavy atom. The van der Waals surface area contributed by atoms with Crippen molar-refractivity contribution in [2.24, 2.45) is 0 Å². The van der Waals surface area contributed by atoms with Crippen LogP contribution in [0.1, 0.15) is 36.5 Å². The summed E-state index contributed by atoms with van der Waals surface area (Å²) in [6, 6.07) is 8.61. The fourth-order valence-electron chi connectivity index (χ4n) is 3.83. The van der Waals surface area contributed by atoms with Gasteiger partial charge in [-0.25, -0.2) is 9.78 Å². The van der Waals surface area contributed by atoms with Crippen molar-refractivity contribution < 1.29 is 19.1 Å². The van der Waals surface area contributed by atoms with Crippen LogP contribution in [0.3, 0.4) is 0 Å². The Hall–Kier alpha value is -3.76. The zero-order chi connectivity index (χ0) is 27.1. The number of halogens is 2. The van der Waals surface area contributed by atoms with Crippen molar-refractivity contribution in [3.05, 3.63) is 52.1 Å². The number of fused-ring (bicyclic) bond motifs is 1. The maximum atomic E-state index is 12.7. The predicted octanol–water partition coefficient (Wildman–Crippen LogP) is 5.58. The second kappa shape index (κ2) is 12.7. The number of carbonyl (C=O) groups is 2. The molecule has 10 nitrogen and oxygen atoms in total. The van der Waals surface area contributed by atoms with Gasteiger partial charge in [-0.15, -0.1) is 0 Å². The lowest BCUT2D eigenvalue weighted by Crippen LogP contribution is -2.30. The molecule has 2 amide bonds. The molecular formula is C26H28Cl2N6O4. The number of ether oxygens (including phenoxy) is 2. The summed E-state index contributed by atoms with van der Waals surface area (Å²) < 4.78 is 10.5. The molecule has 0 aliphatic carbocycles. The predicted molar refractivity (Wildman–Crippen MR) is 147 cm³/mol. The smallest absolute Gasteiger partial charge is 0.407 e. The third-order valence-electron chi connectivity index (χ3n) is 5.77. The third kappa shape index (κ3) is 6.38. The van der Waals surface area contributed by atoms with E-state index in [0.717, 1.165) is 23.7 Å². The second-order valence-corrected chi connectivity index (χ2v) is 9.32. The summed E-state index contributed by atoms with van der Waals surface area (Å²) in [6.07, 6.45) is 3.56. The number of unbranched alkanes of at least 4 members (excludes halogenated alkanes) is 1. The van der Waals surface area contributed by atoms with E-state index < -0.39 is 6.09 Å². The largest absolute Gasteiger partial charge is 0.494 e. The number of alkyl carbamates (subject to hydrolysis) is 1. The number of nitrogens with zero attached hydrogens (tertiary/aromatic N) is 2. The molecule has 200 valence electrons. The molecule has 2 aromatic carbocycles. The monoisotopic (exact) mass is 558 g/mol. The number of rotatable bonds is 11. The molecule has 4 rings (SSSR count). The molecular weight excluding hydrogens is 531 g/mol. The number of carbonyl (C=O) groups excluding carboxylic acids is 2. The number of imidazole rings is 1. The quantitative estimate of drug-likeness (QED) is 0.177. The zero-order valence-corrected chi connectivity index (χ0v) is 22.5. The first-order valence-electron chi connectivity index (χ1n) is 12.2. The first-order valence-corrected chi connectivity index (χ1v) is 12.9. The molecule has 0 aliphatic rings. The van der Waals surface area contributed by atoms with E-state index in [1.807, 2.05) is 6.92 Å². The highest BCUT2D eigenvalue weighted by Crippen LogP contribution is 2.39. The van der Waals surface area contributed by atoms with E-state index >= 15 is 0 Å². The van der Waals surface area contributed by atoms with Crippen molar-refractivity contribution in [3.63, 3.8) is 0 Å². The summed E-state index contributed by atoms with van der Waals surface area (Å²) >= 11 is 12.5. The minimum absolute atomic E-state index is 0.233. The Kier molecular flexibility index (Phi) is 9.09. The van der Waals surface area contributed by atoms with Gasteiger partial charge < -0.3 is 25.1 Å². The summed E-state index contributed by atoms with van der Waals surface area (Å²) in [5.74, 6) is 0.738. The van der Waals surface area contributed by atoms with Gasteiger partial charge >= 0.3 is 6.09 Å². The average molecular weight is 559 g/mol. The number of H-pyrrole nitrogens is 2. The molecule has 4 aromatic rings. The van der Waals surface area contributed by atoms with E-state index in [4.69, 9.17) is 32.7 Å². The number of aromatic nitrogens is 4. The fourth-order valence-corrected chi connectivity index (χ4v) is 4.40. The lowest BCUT2D eigenvalue weighted by atomic mass is 10.1. The first kappa shape index (κ1) is 27.3. The third-order valence-corrected chi connectivity index (χ3v) is 6.27. The van der Waals surface area contributed by atoms with Crippen LogP contribution < -0.4 is 15.4 Å². The number of methoxy groups -OCH3 is 1. The summed E-state index contributed by atoms with van der Waals surface area (Å²) in [4.78, 5) is 32.0. The molecule has 38 heavy (non-hydrogen) atoms. The molecule has 2 aromatic heterocycles. The summed E-state index contributed by atoms with van der Waals surface area (Å²) in [7, 11) is 1.53. The van der Waals surface area contributed by atoms with Gasteiger partial charge in [0.05, 0.1) is 36.1 Å². The van der Waals surface area contributed by atoms with Crippen molar-refractivity contribution in [2.75, 3.05) is 26.8 Å². The Labute approximate surface area is 229 Å². The van der Waals surface area contributed by atoms with E-state index in [9.17, 15) is 9.59 Å². The van der Waals surface area contributed by atoms with Crippen LogP contribution in [0.2, 0.25) is 10.0 Å². The number of nitrogens with one attached hydrogen (secondary N) is 4. The van der Waals surface area contributed by atoms with Crippen LogP contribution in [0.15, 0.2) is 36.5 Å². The number of hydrogen-bond acceptors (Lipinski definition) is 6. The minimum Gasteiger partial charge on any atom is -0.494 e. The molecule has 0 bridgehead atoms. The van der Waals surface area contributed by atoms with Crippen LogP contribution in [0, 0.1) is 0 Å². The van der Waals surface area contributed by atoms with Crippen LogP contribution in [-0.2, 0) is 4.74 Å². The highest BCUT2D eigenvalue weighted by atomic mass is 35.5. The Morgan fingerprint density at radius 3 is 2.68 bits per heavy atom. The molecule has 0 saturated carbocycles. The molecule has 0 saturated heterocycles. The van der Waals surface area contributed by atoms with Crippen molar-refractivity contribution >= 4 is 46.1 Å². The van der Waals surface area contributed by atoms with Gasteiger partial charge in [-0.05, 0) is 43.2 Å². The molecule has 0 radical (unpaired) electrons. The van der Waals surface area contributed by atoms with Crippen LogP contribution in [0.5, 0.6) is 5.75 Å². The average Bonchev–Trinajstić information content (AvgIpc) is 3.55. The highest BCUT2D eigenvalue weighted by Gasteiger charge is 2.18. The van der Waals surface area contributed by atoms with Crippen LogP contribution in [-0.4, -0.2) is 59.0 Å². The molecule has 2 heterocycles. The van der Waals surface area contributed by atoms with E-state index in [0.29, 0.717) is 70.3 Å². The maximum absolute atomic E-state index is 12.7. The van der Waals surface area contributed by atoms with Gasteiger partial charge in [0.25, 0.3) is 5.91 Å². The molecule has 0 unspecified atom stereocenters. The van der Waals surface area contributed by atoms with Gasteiger partial charge in [0.15, 0.2) is 5.82 Å². The van der Waals surface area contributed by atoms with Gasteiger partial charge in [-0.3, -0.25) is 9.89 Å². The topological polar surface area (TPSA) is 134 Å². The van der Waals surface area contributed by atoms with E-state index in [1.165, 1.54) is 7.11 Å². The molecule has 0 spiro atoms. The normalized spacial score (nSPS) is 10.9. The lowest BCUT2D eigenvalue weighted by molar-refractivity contribution is 0.0953. The van der Waals surface area contributed by atoms with Crippen molar-refractivity contribution in [2.45, 2.75) is 26.2 Å². The molecule has 0 aliphatic heterocycles. The minimum atomic E-state index is -0.444. The summed E-state index contributed by atoms with van der Waals surface area (Å²) in [6.45, 7) is 3.23. The second-order valence-electron chi connectivity index (χ2n) is 8.47. The van der Waals surface area contributed by atoms with Gasteiger partial charge in [0.1, 0.15) is 11.4 Å². The van der Waals surface area contributed by atoms with Crippen LogP contribution in [0.4, 0.5) is 4.79 Å². The van der Waals surface area contributed by atoms with Crippen LogP contribution >= 0.6 is 23.2 Å². The van der Waals surface area contributed by atoms with Gasteiger partial charge in [0, 0.05) is 34.6 Å². The van der Waals surface area contributed by atoms with Gasteiger partial charge in [-0.1, -0.05) is 36.5 Å². The Morgan fingerprint density at radius 1 is 1.08 bits per heavy atom. The first-order chi connectivity index (χ1) is 18.4. The standard InChI is InChI=1S/C26H28Cl2N6O4/c1-3-4-10-38-26(36)30-9-5-8-29-25(35)15-6-7-20-17(11-15)22(34-33-20)24-31-14-21(32-24)18-12-16(27)13-19(28)23(18)37-2/h6-7,11-14H,3-5,8-10H2,1-2H3,(H,29,35)(H,30,36)(H,31,32)(H,33,34). The number of aromatic amines is 2. The highest BCUT2D eigenvalue weighted by molar-refractivity contribution is 6.36. The Balaban J connectivity index is 1.43. The number of hydrogen-bond donors (Lipinski definition) is 4. The Bertz CT molecular complexity index is 1430. The van der Waals surface area contributed by atoms with Gasteiger partial charge in [0.2, 0.25) is 0 Å². The van der Waals surface area contributed by atoms with Crippen molar-refractivity contribution in [1.29, 1.82) is 0 Å². The molecule has 0 atom stereocenters. The zero-order valence-electron chi connectivity index (χ0n) is 21.0. The number of benzene rings is 2. The lowest BCUT2D eigenvalue weighted by Gasteiger charge is -2.09. The van der Waals surface area contributed by atoms with Crippen molar-refractivity contribution in [1.82, 2.24) is 30.8 Å². The van der Waals surface area contributed by atoms with E-state index in [2.05, 4.69) is 30.8 Å². The molecule has 4 N–H and O–H groups in total. The summed E-state index contributed by atoms with van der Waals surface area (Å²) in [5, 5.41) is 14.5. The molecule has 12 heteroatoms. The SMILES string of the molecule is CCCCOC(=O)NCCCNC(=O)c1ccc2[nH]nc(-c3ncc(-c4cc(Cl)cc(Cl)c4OC)[nH]3)c2c1. The maximum Gasteiger partial charge on any atom is 0.407 e. The number of amides is 2.